The van der Waals surface area contributed by atoms with Gasteiger partial charge in [0.1, 0.15) is 5.75 Å². The molecule has 0 unspecified atom stereocenters. The van der Waals surface area contributed by atoms with Gasteiger partial charge < -0.3 is 14.9 Å². The van der Waals surface area contributed by atoms with Crippen molar-refractivity contribution >= 4 is 5.91 Å². The second-order valence-corrected chi connectivity index (χ2v) is 10.2. The van der Waals surface area contributed by atoms with E-state index in [4.69, 9.17) is 0 Å². The smallest absolute Gasteiger partial charge is 0.239 e. The fourth-order valence-electron chi connectivity index (χ4n) is 6.24. The summed E-state index contributed by atoms with van der Waals surface area (Å²) in [7, 11) is 2.03. The number of amides is 1. The number of likely N-dealkylation sites (N-methyl/N-ethyl adjacent to an activating group) is 1. The molecule has 0 aromatic heterocycles. The van der Waals surface area contributed by atoms with Gasteiger partial charge in [0.2, 0.25) is 5.91 Å². The lowest BCUT2D eigenvalue weighted by atomic mass is 9.84. The average molecular weight is 428 g/mol. The Balaban J connectivity index is 1.53. The molecule has 172 valence electrons. The van der Waals surface area contributed by atoms with Crippen LogP contribution in [0.3, 0.4) is 0 Å². The molecule has 2 aliphatic heterocycles. The highest BCUT2D eigenvalue weighted by Gasteiger charge is 2.46. The molecule has 1 aromatic carbocycles. The lowest BCUT2D eigenvalue weighted by Crippen LogP contribution is -2.52. The zero-order chi connectivity index (χ0) is 22.1. The first kappa shape index (κ1) is 22.6. The second kappa shape index (κ2) is 9.50. The standard InChI is InChI=1S/C26H41N3O2/c1-5-28-12-10-22(11-13-28)27(4)26(31)24-16-20-8-6-7-9-23(20)29(24)17-21-14-18(2)19(3)15-25(21)30/h14-15,20,22-24,30H,5-13,16-17H2,1-4H3/t20-,23-,24+/m1/s1. The van der Waals surface area contributed by atoms with E-state index in [0.29, 0.717) is 36.2 Å². The Hall–Kier alpha value is -1.59. The maximum absolute atomic E-state index is 13.8. The minimum absolute atomic E-state index is 0.0525. The molecule has 2 saturated heterocycles. The van der Waals surface area contributed by atoms with Crippen molar-refractivity contribution in [1.29, 1.82) is 0 Å². The SMILES string of the molecule is CCN1CCC(N(C)C(=O)[C@@H]2C[C@H]3CCCC[C@H]3N2Cc2cc(C)c(C)cc2O)CC1. The van der Waals surface area contributed by atoms with Gasteiger partial charge in [-0.3, -0.25) is 9.69 Å². The minimum Gasteiger partial charge on any atom is -0.508 e. The van der Waals surface area contributed by atoms with Crippen LogP contribution < -0.4 is 0 Å². The summed E-state index contributed by atoms with van der Waals surface area (Å²) in [6.45, 7) is 10.3. The summed E-state index contributed by atoms with van der Waals surface area (Å²) in [5, 5.41) is 10.6. The fourth-order valence-corrected chi connectivity index (χ4v) is 6.24. The van der Waals surface area contributed by atoms with Gasteiger partial charge in [-0.25, -0.2) is 0 Å². The number of fused-ring (bicyclic) bond motifs is 1. The molecule has 5 heteroatoms. The molecule has 1 N–H and O–H groups in total. The van der Waals surface area contributed by atoms with E-state index in [1.807, 2.05) is 20.0 Å². The molecule has 1 saturated carbocycles. The Morgan fingerprint density at radius 3 is 2.48 bits per heavy atom. The van der Waals surface area contributed by atoms with Gasteiger partial charge in [-0.05, 0) is 75.6 Å². The number of phenolic OH excluding ortho intramolecular Hbond substituents is 1. The Labute approximate surface area is 188 Å². The van der Waals surface area contributed by atoms with Crippen molar-refractivity contribution < 1.29 is 9.90 Å². The molecule has 4 rings (SSSR count). The summed E-state index contributed by atoms with van der Waals surface area (Å²) in [4.78, 5) is 20.8. The van der Waals surface area contributed by atoms with E-state index in [0.717, 1.165) is 50.0 Å². The summed E-state index contributed by atoms with van der Waals surface area (Å²) in [6.07, 6.45) is 8.09. The third-order valence-corrected chi connectivity index (χ3v) is 8.45. The van der Waals surface area contributed by atoms with Crippen molar-refractivity contribution in [1.82, 2.24) is 14.7 Å². The van der Waals surface area contributed by atoms with Gasteiger partial charge in [-0.2, -0.15) is 0 Å². The molecule has 3 atom stereocenters. The van der Waals surface area contributed by atoms with Crippen molar-refractivity contribution in [2.75, 3.05) is 26.7 Å². The maximum Gasteiger partial charge on any atom is 0.239 e. The summed E-state index contributed by atoms with van der Waals surface area (Å²) < 4.78 is 0. The lowest BCUT2D eigenvalue weighted by molar-refractivity contribution is -0.138. The van der Waals surface area contributed by atoms with E-state index in [2.05, 4.69) is 34.6 Å². The molecule has 5 nitrogen and oxygen atoms in total. The molecule has 1 aliphatic carbocycles. The van der Waals surface area contributed by atoms with Crippen LogP contribution in [0.2, 0.25) is 0 Å². The zero-order valence-electron chi connectivity index (χ0n) is 19.9. The van der Waals surface area contributed by atoms with Crippen LogP contribution >= 0.6 is 0 Å². The number of benzene rings is 1. The number of aromatic hydroxyl groups is 1. The van der Waals surface area contributed by atoms with Crippen LogP contribution in [0.1, 0.15) is 68.6 Å². The zero-order valence-corrected chi connectivity index (χ0v) is 19.9. The molecule has 1 amide bonds. The van der Waals surface area contributed by atoms with Gasteiger partial charge in [-0.15, -0.1) is 0 Å². The van der Waals surface area contributed by atoms with Gasteiger partial charge >= 0.3 is 0 Å². The number of likely N-dealkylation sites (tertiary alicyclic amines) is 2. The fraction of sp³-hybridized carbons (Fsp3) is 0.731. The van der Waals surface area contributed by atoms with Gasteiger partial charge in [-0.1, -0.05) is 25.8 Å². The van der Waals surface area contributed by atoms with Crippen molar-refractivity contribution in [2.45, 2.75) is 90.4 Å². The van der Waals surface area contributed by atoms with Gasteiger partial charge in [0.15, 0.2) is 0 Å². The monoisotopic (exact) mass is 427 g/mol. The number of nitrogens with zero attached hydrogens (tertiary/aromatic N) is 3. The summed E-state index contributed by atoms with van der Waals surface area (Å²) in [5.74, 6) is 1.29. The quantitative estimate of drug-likeness (QED) is 0.769. The van der Waals surface area contributed by atoms with Gasteiger partial charge in [0.25, 0.3) is 0 Å². The highest BCUT2D eigenvalue weighted by atomic mass is 16.3. The second-order valence-electron chi connectivity index (χ2n) is 10.2. The average Bonchev–Trinajstić information content (AvgIpc) is 3.15. The van der Waals surface area contributed by atoms with Crippen LogP contribution in [0.4, 0.5) is 0 Å². The molecular weight excluding hydrogens is 386 g/mol. The number of piperidine rings is 1. The van der Waals surface area contributed by atoms with Crippen LogP contribution in [-0.2, 0) is 11.3 Å². The largest absolute Gasteiger partial charge is 0.508 e. The van der Waals surface area contributed by atoms with Crippen LogP contribution in [-0.4, -0.2) is 70.5 Å². The van der Waals surface area contributed by atoms with Crippen molar-refractivity contribution in [3.05, 3.63) is 28.8 Å². The van der Waals surface area contributed by atoms with Crippen molar-refractivity contribution in [3.63, 3.8) is 0 Å². The van der Waals surface area contributed by atoms with Crippen molar-refractivity contribution in [2.24, 2.45) is 5.92 Å². The van der Waals surface area contributed by atoms with E-state index in [9.17, 15) is 9.90 Å². The Kier molecular flexibility index (Phi) is 6.92. The molecule has 3 aliphatic rings. The molecule has 3 fully saturated rings. The lowest BCUT2D eigenvalue weighted by Gasteiger charge is -2.39. The van der Waals surface area contributed by atoms with E-state index >= 15 is 0 Å². The predicted octanol–water partition coefficient (Wildman–Crippen LogP) is 4.08. The number of carbonyl (C=O) groups is 1. The summed E-state index contributed by atoms with van der Waals surface area (Å²) in [6, 6.07) is 4.77. The normalized spacial score (nSPS) is 27.9. The molecule has 1 aromatic rings. The topological polar surface area (TPSA) is 47.0 Å². The Bertz CT molecular complexity index is 787. The van der Waals surface area contributed by atoms with Gasteiger partial charge in [0, 0.05) is 44.3 Å². The van der Waals surface area contributed by atoms with Crippen molar-refractivity contribution in [3.8, 4) is 5.75 Å². The molecule has 0 radical (unpaired) electrons. The van der Waals surface area contributed by atoms with Crippen LogP contribution in [0.25, 0.3) is 0 Å². The van der Waals surface area contributed by atoms with Crippen LogP contribution in [0.15, 0.2) is 12.1 Å². The summed E-state index contributed by atoms with van der Waals surface area (Å²) >= 11 is 0. The highest BCUT2D eigenvalue weighted by molar-refractivity contribution is 5.82. The maximum atomic E-state index is 13.8. The van der Waals surface area contributed by atoms with E-state index in [-0.39, 0.29) is 6.04 Å². The molecule has 31 heavy (non-hydrogen) atoms. The first-order valence-corrected chi connectivity index (χ1v) is 12.4. The van der Waals surface area contributed by atoms with Gasteiger partial charge in [0.05, 0.1) is 6.04 Å². The molecular formula is C26H41N3O2. The summed E-state index contributed by atoms with van der Waals surface area (Å²) in [5.41, 5.74) is 3.28. The Morgan fingerprint density at radius 2 is 1.77 bits per heavy atom. The van der Waals surface area contributed by atoms with E-state index < -0.39 is 0 Å². The number of aryl methyl sites for hydroxylation is 2. The first-order valence-electron chi connectivity index (χ1n) is 12.4. The third-order valence-electron chi connectivity index (χ3n) is 8.45. The Morgan fingerprint density at radius 1 is 1.10 bits per heavy atom. The van der Waals surface area contributed by atoms with Crippen LogP contribution in [0, 0.1) is 19.8 Å². The van der Waals surface area contributed by atoms with E-state index in [1.54, 1.807) is 0 Å². The highest BCUT2D eigenvalue weighted by Crippen LogP contribution is 2.42. The first-order chi connectivity index (χ1) is 14.9. The predicted molar refractivity (Wildman–Crippen MR) is 125 cm³/mol. The number of carbonyl (C=O) groups excluding carboxylic acids is 1. The minimum atomic E-state index is -0.0525. The van der Waals surface area contributed by atoms with E-state index in [1.165, 1.54) is 31.2 Å². The number of hydrogen-bond donors (Lipinski definition) is 1. The molecule has 0 bridgehead atoms. The number of phenols is 1. The third kappa shape index (κ3) is 4.63. The molecule has 0 spiro atoms. The number of hydrogen-bond acceptors (Lipinski definition) is 4. The van der Waals surface area contributed by atoms with Crippen LogP contribution in [0.5, 0.6) is 5.75 Å². The molecule has 2 heterocycles. The number of rotatable bonds is 5.